The molecule has 1 aromatic heterocycles. The summed E-state index contributed by atoms with van der Waals surface area (Å²) in [6, 6.07) is 5.67. The Hall–Kier alpha value is -2.35. The molecule has 0 radical (unpaired) electrons. The number of aryl methyl sites for hydroxylation is 1. The monoisotopic (exact) mass is 404 g/mol. The van der Waals surface area contributed by atoms with E-state index in [4.69, 9.17) is 9.47 Å². The summed E-state index contributed by atoms with van der Waals surface area (Å²) >= 11 is 1.79. The predicted octanol–water partition coefficient (Wildman–Crippen LogP) is 3.15. The first-order chi connectivity index (χ1) is 13.6. The average Bonchev–Trinajstić information content (AvgIpc) is 3.15. The van der Waals surface area contributed by atoms with Gasteiger partial charge >= 0.3 is 6.03 Å². The van der Waals surface area contributed by atoms with E-state index in [0.29, 0.717) is 24.0 Å². The molecule has 0 saturated carbocycles. The SMILES string of the molecule is COc1ccc(CNC(=O)N2CCC(CSc3nccn3C)CC2)cc1OC. The largest absolute Gasteiger partial charge is 0.493 e. The summed E-state index contributed by atoms with van der Waals surface area (Å²) in [5.41, 5.74) is 0.979. The summed E-state index contributed by atoms with van der Waals surface area (Å²) in [6.07, 6.45) is 5.85. The number of ether oxygens (including phenoxy) is 2. The molecule has 0 unspecified atom stereocenters. The second-order valence-electron chi connectivity index (χ2n) is 6.91. The number of carbonyl (C=O) groups excluding carboxylic acids is 1. The number of hydrogen-bond donors (Lipinski definition) is 1. The van der Waals surface area contributed by atoms with Crippen LogP contribution < -0.4 is 14.8 Å². The van der Waals surface area contributed by atoms with Crippen molar-refractivity contribution in [2.24, 2.45) is 13.0 Å². The predicted molar refractivity (Wildman–Crippen MR) is 110 cm³/mol. The van der Waals surface area contributed by atoms with Crippen molar-refractivity contribution < 1.29 is 14.3 Å². The molecule has 1 aromatic carbocycles. The Labute approximate surface area is 170 Å². The summed E-state index contributed by atoms with van der Waals surface area (Å²) in [7, 11) is 5.23. The fourth-order valence-electron chi connectivity index (χ4n) is 3.27. The van der Waals surface area contributed by atoms with Gasteiger partial charge in [0.25, 0.3) is 0 Å². The van der Waals surface area contributed by atoms with Gasteiger partial charge in [0.05, 0.1) is 14.2 Å². The third-order valence-electron chi connectivity index (χ3n) is 5.02. The number of hydrogen-bond acceptors (Lipinski definition) is 5. The van der Waals surface area contributed by atoms with Crippen LogP contribution in [0.5, 0.6) is 11.5 Å². The molecule has 0 bridgehead atoms. The van der Waals surface area contributed by atoms with Crippen molar-refractivity contribution in [3.8, 4) is 11.5 Å². The molecule has 28 heavy (non-hydrogen) atoms. The summed E-state index contributed by atoms with van der Waals surface area (Å²) in [5, 5.41) is 4.06. The van der Waals surface area contributed by atoms with Crippen molar-refractivity contribution in [3.05, 3.63) is 36.2 Å². The van der Waals surface area contributed by atoms with E-state index in [-0.39, 0.29) is 6.03 Å². The van der Waals surface area contributed by atoms with Crippen molar-refractivity contribution in [3.63, 3.8) is 0 Å². The van der Waals surface area contributed by atoms with E-state index < -0.39 is 0 Å². The Bertz CT molecular complexity index is 788. The molecule has 0 aliphatic carbocycles. The van der Waals surface area contributed by atoms with E-state index in [1.807, 2.05) is 47.1 Å². The van der Waals surface area contributed by atoms with Gasteiger partial charge in [0, 0.05) is 44.8 Å². The Morgan fingerprint density at radius 2 is 2.00 bits per heavy atom. The van der Waals surface area contributed by atoms with Crippen LogP contribution in [0.1, 0.15) is 18.4 Å². The second kappa shape index (κ2) is 9.73. The van der Waals surface area contributed by atoms with Crippen LogP contribution in [0.3, 0.4) is 0 Å². The smallest absolute Gasteiger partial charge is 0.317 e. The molecule has 1 N–H and O–H groups in total. The number of methoxy groups -OCH3 is 2. The number of likely N-dealkylation sites (tertiary alicyclic amines) is 1. The Morgan fingerprint density at radius 3 is 2.64 bits per heavy atom. The zero-order valence-corrected chi connectivity index (χ0v) is 17.5. The molecular weight excluding hydrogens is 376 g/mol. The van der Waals surface area contributed by atoms with E-state index in [0.717, 1.165) is 42.4 Å². The second-order valence-corrected chi connectivity index (χ2v) is 7.90. The van der Waals surface area contributed by atoms with Crippen LogP contribution >= 0.6 is 11.8 Å². The zero-order valence-electron chi connectivity index (χ0n) is 16.7. The standard InChI is InChI=1S/C20H28N4O3S/c1-23-11-8-21-20(23)28-14-15-6-9-24(10-7-15)19(25)22-13-16-4-5-17(26-2)18(12-16)27-3/h4-5,8,11-12,15H,6-7,9-10,13-14H2,1-3H3,(H,22,25). The molecule has 2 aromatic rings. The van der Waals surface area contributed by atoms with Gasteiger partial charge in [-0.25, -0.2) is 9.78 Å². The number of benzene rings is 1. The number of piperidine rings is 1. The minimum atomic E-state index is -0.00927. The first kappa shape index (κ1) is 20.4. The van der Waals surface area contributed by atoms with Crippen molar-refractivity contribution in [2.45, 2.75) is 24.5 Å². The van der Waals surface area contributed by atoms with Gasteiger partial charge in [-0.3, -0.25) is 0 Å². The topological polar surface area (TPSA) is 68.6 Å². The maximum atomic E-state index is 12.5. The Balaban J connectivity index is 1.42. The first-order valence-corrected chi connectivity index (χ1v) is 10.4. The highest BCUT2D eigenvalue weighted by Crippen LogP contribution is 2.28. The van der Waals surface area contributed by atoms with Gasteiger partial charge in [-0.1, -0.05) is 17.8 Å². The van der Waals surface area contributed by atoms with Gasteiger partial charge in [0.2, 0.25) is 0 Å². The summed E-state index contributed by atoms with van der Waals surface area (Å²) in [6.45, 7) is 2.06. The number of urea groups is 1. The molecule has 1 aliphatic rings. The summed E-state index contributed by atoms with van der Waals surface area (Å²) in [5.74, 6) is 3.02. The van der Waals surface area contributed by atoms with E-state index >= 15 is 0 Å². The number of nitrogens with zero attached hydrogens (tertiary/aromatic N) is 3. The third-order valence-corrected chi connectivity index (χ3v) is 6.31. The quantitative estimate of drug-likeness (QED) is 0.718. The summed E-state index contributed by atoms with van der Waals surface area (Å²) < 4.78 is 12.6. The van der Waals surface area contributed by atoms with Crippen molar-refractivity contribution in [1.29, 1.82) is 0 Å². The van der Waals surface area contributed by atoms with Crippen LogP contribution in [-0.2, 0) is 13.6 Å². The lowest BCUT2D eigenvalue weighted by molar-refractivity contribution is 0.174. The molecule has 152 valence electrons. The van der Waals surface area contributed by atoms with Gasteiger partial charge in [0.1, 0.15) is 0 Å². The number of aromatic nitrogens is 2. The van der Waals surface area contributed by atoms with Crippen LogP contribution in [0.15, 0.2) is 35.7 Å². The zero-order chi connectivity index (χ0) is 19.9. The van der Waals surface area contributed by atoms with E-state index in [9.17, 15) is 4.79 Å². The molecule has 0 spiro atoms. The molecule has 2 amide bonds. The van der Waals surface area contributed by atoms with Crippen molar-refractivity contribution in [1.82, 2.24) is 19.8 Å². The molecule has 8 heteroatoms. The minimum absolute atomic E-state index is 0.00927. The third kappa shape index (κ3) is 5.13. The number of rotatable bonds is 7. The lowest BCUT2D eigenvalue weighted by Crippen LogP contribution is -2.44. The molecule has 3 rings (SSSR count). The number of carbonyl (C=O) groups is 1. The van der Waals surface area contributed by atoms with Crippen LogP contribution in [-0.4, -0.2) is 53.5 Å². The fraction of sp³-hybridized carbons (Fsp3) is 0.500. The number of thioether (sulfide) groups is 1. The van der Waals surface area contributed by atoms with Gasteiger partial charge in [-0.2, -0.15) is 0 Å². The van der Waals surface area contributed by atoms with Crippen LogP contribution in [0.2, 0.25) is 0 Å². The average molecular weight is 405 g/mol. The van der Waals surface area contributed by atoms with Gasteiger partial charge in [-0.05, 0) is 36.5 Å². The highest BCUT2D eigenvalue weighted by atomic mass is 32.2. The van der Waals surface area contributed by atoms with Gasteiger partial charge < -0.3 is 24.3 Å². The molecule has 1 fully saturated rings. The first-order valence-electron chi connectivity index (χ1n) is 9.44. The number of imidazole rings is 1. The summed E-state index contributed by atoms with van der Waals surface area (Å²) in [4.78, 5) is 18.7. The highest BCUT2D eigenvalue weighted by Gasteiger charge is 2.23. The van der Waals surface area contributed by atoms with Gasteiger partial charge in [0.15, 0.2) is 16.7 Å². The molecular formula is C20H28N4O3S. The normalized spacial score (nSPS) is 14.8. The Morgan fingerprint density at radius 1 is 1.25 bits per heavy atom. The lowest BCUT2D eigenvalue weighted by atomic mass is 9.99. The Kier molecular flexibility index (Phi) is 7.08. The number of amides is 2. The van der Waals surface area contributed by atoms with E-state index in [1.165, 1.54) is 0 Å². The molecule has 0 atom stereocenters. The van der Waals surface area contributed by atoms with Gasteiger partial charge in [-0.15, -0.1) is 0 Å². The van der Waals surface area contributed by atoms with Crippen LogP contribution in [0.25, 0.3) is 0 Å². The number of nitrogens with one attached hydrogen (secondary N) is 1. The molecule has 1 saturated heterocycles. The molecule has 7 nitrogen and oxygen atoms in total. The fourth-order valence-corrected chi connectivity index (χ4v) is 4.38. The lowest BCUT2D eigenvalue weighted by Gasteiger charge is -2.31. The molecule has 1 aliphatic heterocycles. The van der Waals surface area contributed by atoms with Crippen LogP contribution in [0, 0.1) is 5.92 Å². The van der Waals surface area contributed by atoms with E-state index in [2.05, 4.69) is 10.3 Å². The maximum absolute atomic E-state index is 12.5. The molecule has 2 heterocycles. The van der Waals surface area contributed by atoms with Crippen molar-refractivity contribution >= 4 is 17.8 Å². The highest BCUT2D eigenvalue weighted by molar-refractivity contribution is 7.99. The van der Waals surface area contributed by atoms with Crippen LogP contribution in [0.4, 0.5) is 4.79 Å². The van der Waals surface area contributed by atoms with E-state index in [1.54, 1.807) is 26.0 Å². The minimum Gasteiger partial charge on any atom is -0.493 e. The van der Waals surface area contributed by atoms with Crippen molar-refractivity contribution in [2.75, 3.05) is 33.1 Å². The maximum Gasteiger partial charge on any atom is 0.317 e.